The van der Waals surface area contributed by atoms with Crippen LogP contribution in [0.25, 0.3) is 0 Å². The molecular weight excluding hydrogens is 913 g/mol. The zero-order valence-electron chi connectivity index (χ0n) is 40.8. The second-order valence-corrected chi connectivity index (χ2v) is 20.2. The number of hydrogen-bond acceptors (Lipinski definition) is 18. The van der Waals surface area contributed by atoms with Gasteiger partial charge in [-0.1, -0.05) is 62.4 Å². The van der Waals surface area contributed by atoms with E-state index in [-0.39, 0.29) is 62.5 Å². The summed E-state index contributed by atoms with van der Waals surface area (Å²) in [6.45, 7) is 11.8. The molecule has 5 aliphatic rings. The highest BCUT2D eigenvalue weighted by Gasteiger charge is 2.84. The summed E-state index contributed by atoms with van der Waals surface area (Å²) < 4.78 is 53.3. The Kier molecular flexibility index (Phi) is 15.0. The van der Waals surface area contributed by atoms with Crippen LogP contribution in [0.4, 0.5) is 4.79 Å². The van der Waals surface area contributed by atoms with Gasteiger partial charge in [-0.3, -0.25) is 14.4 Å². The zero-order valence-corrected chi connectivity index (χ0v) is 40.8. The molecule has 1 spiro atoms. The number of ketones is 1. The predicted molar refractivity (Wildman–Crippen MR) is 244 cm³/mol. The highest BCUT2D eigenvalue weighted by Crippen LogP contribution is 2.74. The average Bonchev–Trinajstić information content (AvgIpc) is 4.02. The largest absolute Gasteiger partial charge is 0.455 e. The maximum absolute atomic E-state index is 15.7. The van der Waals surface area contributed by atoms with E-state index >= 15 is 9.59 Å². The maximum atomic E-state index is 15.7. The third-order valence-corrected chi connectivity index (χ3v) is 14.3. The predicted octanol–water partition coefficient (Wildman–Crippen LogP) is 4.01. The number of carbonyl (C=O) groups excluding carboxylic acids is 7. The fourth-order valence-corrected chi connectivity index (χ4v) is 11.2. The van der Waals surface area contributed by atoms with Crippen molar-refractivity contribution in [2.75, 3.05) is 39.6 Å². The number of rotatable bonds is 17. The van der Waals surface area contributed by atoms with Gasteiger partial charge in [-0.05, 0) is 75.3 Å². The first-order valence-electron chi connectivity index (χ1n) is 23.5. The van der Waals surface area contributed by atoms with Crippen LogP contribution >= 0.6 is 0 Å². The Morgan fingerprint density at radius 1 is 0.886 bits per heavy atom. The molecule has 1 amide bonds. The second kappa shape index (κ2) is 20.2. The summed E-state index contributed by atoms with van der Waals surface area (Å²) in [4.78, 5) is 98.6. The molecule has 1 heterocycles. The van der Waals surface area contributed by atoms with Gasteiger partial charge in [-0.15, -0.1) is 0 Å². The van der Waals surface area contributed by atoms with E-state index in [1.807, 2.05) is 0 Å². The zero-order chi connectivity index (χ0) is 51.0. The van der Waals surface area contributed by atoms with Crippen LogP contribution in [-0.4, -0.2) is 134 Å². The molecule has 7 rings (SSSR count). The Balaban J connectivity index is 1.36. The van der Waals surface area contributed by atoms with E-state index in [1.54, 1.807) is 90.1 Å². The summed E-state index contributed by atoms with van der Waals surface area (Å²) >= 11 is 0. The van der Waals surface area contributed by atoms with E-state index < -0.39 is 131 Å². The van der Waals surface area contributed by atoms with Crippen LogP contribution in [-0.2, 0) is 66.6 Å². The van der Waals surface area contributed by atoms with Gasteiger partial charge in [0.2, 0.25) is 6.10 Å². The van der Waals surface area contributed by atoms with Crippen molar-refractivity contribution in [3.63, 3.8) is 0 Å². The van der Waals surface area contributed by atoms with Crippen LogP contribution in [0.3, 0.4) is 0 Å². The summed E-state index contributed by atoms with van der Waals surface area (Å²) in [5, 5.41) is 16.6. The summed E-state index contributed by atoms with van der Waals surface area (Å²) in [7, 11) is 0. The molecule has 4 fully saturated rings. The number of amides is 1. The van der Waals surface area contributed by atoms with Gasteiger partial charge in [-0.25, -0.2) is 19.2 Å². The molecule has 0 unspecified atom stereocenters. The maximum Gasteiger partial charge on any atom is 0.408 e. The van der Waals surface area contributed by atoms with Gasteiger partial charge in [-0.2, -0.15) is 0 Å². The second-order valence-electron chi connectivity index (χ2n) is 20.2. The van der Waals surface area contributed by atoms with Gasteiger partial charge in [0.05, 0.1) is 37.9 Å². The lowest BCUT2D eigenvalue weighted by molar-refractivity contribution is -0.323. The number of fused-ring (bicyclic) bond motifs is 4. The first-order valence-corrected chi connectivity index (χ1v) is 23.5. The molecule has 0 aromatic heterocycles. The Hall–Kier alpha value is -5.73. The van der Waals surface area contributed by atoms with Crippen molar-refractivity contribution < 1.29 is 81.3 Å². The minimum atomic E-state index is -2.33. The number of carbonyl (C=O) groups is 7. The van der Waals surface area contributed by atoms with Gasteiger partial charge < -0.3 is 58.8 Å². The van der Waals surface area contributed by atoms with Crippen molar-refractivity contribution in [2.24, 2.45) is 28.4 Å². The summed E-state index contributed by atoms with van der Waals surface area (Å²) in [6, 6.07) is 14.7. The fraction of sp³-hybridized carbons (Fsp3) is 0.588. The Morgan fingerprint density at radius 3 is 2.14 bits per heavy atom. The molecule has 2 aromatic carbocycles. The number of aliphatic hydroxyl groups is 1. The van der Waals surface area contributed by atoms with Gasteiger partial charge in [0.1, 0.15) is 42.2 Å². The van der Waals surface area contributed by atoms with E-state index in [1.165, 1.54) is 19.1 Å². The average molecular weight is 977 g/mol. The smallest absolute Gasteiger partial charge is 0.408 e. The number of hydrogen-bond donors (Lipinski definition) is 3. The molecule has 11 atom stereocenters. The highest BCUT2D eigenvalue weighted by molar-refractivity contribution is 5.98. The van der Waals surface area contributed by atoms with E-state index in [0.29, 0.717) is 5.56 Å². The normalized spacial score (nSPS) is 30.2. The molecule has 19 heteroatoms. The van der Waals surface area contributed by atoms with Crippen LogP contribution < -0.4 is 11.1 Å². The number of alkyl carbamates (subject to hydrolysis) is 1. The summed E-state index contributed by atoms with van der Waals surface area (Å²) in [5.74, 6) is -6.91. The number of nitrogens with one attached hydrogen (secondary N) is 1. The molecule has 1 aliphatic heterocycles. The minimum absolute atomic E-state index is 0.0292. The first-order chi connectivity index (χ1) is 33.0. The Morgan fingerprint density at radius 2 is 1.54 bits per heavy atom. The third kappa shape index (κ3) is 9.95. The van der Waals surface area contributed by atoms with Crippen LogP contribution in [0.1, 0.15) is 96.6 Å². The van der Waals surface area contributed by atoms with Gasteiger partial charge in [0.25, 0.3) is 0 Å². The summed E-state index contributed by atoms with van der Waals surface area (Å²) in [6.07, 6.45) is -8.58. The minimum Gasteiger partial charge on any atom is -0.455 e. The number of nitrogens with two attached hydrogens (primary N) is 1. The van der Waals surface area contributed by atoms with Crippen molar-refractivity contribution >= 4 is 41.7 Å². The molecule has 380 valence electrons. The first kappa shape index (κ1) is 52.1. The lowest BCUT2D eigenvalue weighted by atomic mass is 9.48. The monoisotopic (exact) mass is 976 g/mol. The molecule has 2 bridgehead atoms. The molecule has 70 heavy (non-hydrogen) atoms. The molecule has 0 radical (unpaired) electrons. The van der Waals surface area contributed by atoms with Crippen molar-refractivity contribution in [2.45, 2.75) is 128 Å². The number of Topliss-reactive ketones (excluding diaryl/α,β-unsaturated/α-hetero) is 1. The van der Waals surface area contributed by atoms with E-state index in [2.05, 4.69) is 5.32 Å². The number of benzene rings is 2. The van der Waals surface area contributed by atoms with E-state index in [0.717, 1.165) is 6.92 Å². The molecular formula is C51H64N2O17. The quantitative estimate of drug-likeness (QED) is 0.0875. The van der Waals surface area contributed by atoms with E-state index in [9.17, 15) is 29.1 Å². The van der Waals surface area contributed by atoms with Crippen molar-refractivity contribution in [3.05, 3.63) is 82.9 Å². The summed E-state index contributed by atoms with van der Waals surface area (Å²) in [5.41, 5.74) is -1.82. The Labute approximate surface area is 406 Å². The third-order valence-electron chi connectivity index (χ3n) is 14.3. The molecule has 4 N–H and O–H groups in total. The van der Waals surface area contributed by atoms with Crippen LogP contribution in [0.5, 0.6) is 0 Å². The number of ether oxygens (including phenoxy) is 9. The molecule has 1 saturated heterocycles. The molecule has 3 saturated carbocycles. The highest BCUT2D eigenvalue weighted by atomic mass is 16.6. The standard InChI is InChI=1S/C51H64N2O17/c1-28-34(66-45(59)40(67-36(56)26-63-22-21-62-20-19-52)38(31-15-11-9-12-16-31)53-46(60)70-47(4,5)6)25-51(61)43(68-44(58)32-17-13-10-14-18-32)41-49(42(57)39(65-29(2)54)37(28)48(51,7)8)24-33(49)23-35-50(41,27-64-35)69-30(3)55/h9-18,33-35,38-41,43,61H,19-27,52H2,1-8H3,(H,53,60)/t33-,34+,35-,38+,39-,40-,41+,43+,49-,50+,51-/m1/s1. The van der Waals surface area contributed by atoms with Gasteiger partial charge in [0, 0.05) is 37.6 Å². The molecule has 19 nitrogen and oxygen atoms in total. The van der Waals surface area contributed by atoms with Gasteiger partial charge >= 0.3 is 35.9 Å². The molecule has 2 aromatic rings. The van der Waals surface area contributed by atoms with Crippen molar-refractivity contribution in [3.8, 4) is 0 Å². The van der Waals surface area contributed by atoms with Crippen LogP contribution in [0.15, 0.2) is 71.8 Å². The lowest BCUT2D eigenvalue weighted by Crippen LogP contribution is -2.78. The Bertz CT molecular complexity index is 2370. The van der Waals surface area contributed by atoms with Crippen LogP contribution in [0.2, 0.25) is 0 Å². The SMILES string of the molecule is CC(=O)O[C@H]1C(=O)[C@]23C[C@H]2C[C@H]2OC[C@@]2(OC(C)=O)[C@H]3[C@H](OC(=O)c2ccccc2)[C@]2(O)C[C@H](OC(=O)[C@H](OC(=O)COCCOCCN)[C@@H](NC(=O)OC(C)(C)C)c3ccccc3)C(C)=C1C2(C)C. The van der Waals surface area contributed by atoms with E-state index in [4.69, 9.17) is 48.4 Å². The van der Waals surface area contributed by atoms with Crippen LogP contribution in [0, 0.1) is 22.7 Å². The lowest BCUT2D eigenvalue weighted by Gasteiger charge is -2.64. The fourth-order valence-electron chi connectivity index (χ4n) is 11.2. The topological polar surface area (TPSA) is 261 Å². The van der Waals surface area contributed by atoms with Crippen molar-refractivity contribution in [1.82, 2.24) is 5.32 Å². The van der Waals surface area contributed by atoms with Crippen molar-refractivity contribution in [1.29, 1.82) is 0 Å². The molecule has 4 aliphatic carbocycles. The number of esters is 5. The van der Waals surface area contributed by atoms with Gasteiger partial charge in [0.15, 0.2) is 17.5 Å².